The fourth-order valence-corrected chi connectivity index (χ4v) is 4.82. The lowest BCUT2D eigenvalue weighted by Crippen LogP contribution is -2.49. The zero-order valence-electron chi connectivity index (χ0n) is 19.7. The zero-order chi connectivity index (χ0) is 23.7. The van der Waals surface area contributed by atoms with E-state index in [0.29, 0.717) is 23.7 Å². The molecular formula is C25H31N5O4. The van der Waals surface area contributed by atoms with Gasteiger partial charge in [0.25, 0.3) is 0 Å². The van der Waals surface area contributed by atoms with Gasteiger partial charge in [-0.15, -0.1) is 0 Å². The number of carbonyl (C=O) groups excluding carboxylic acids is 2. The first kappa shape index (κ1) is 22.5. The second-order valence-electron chi connectivity index (χ2n) is 9.15. The highest BCUT2D eigenvalue weighted by Gasteiger charge is 2.27. The monoisotopic (exact) mass is 465 g/mol. The summed E-state index contributed by atoms with van der Waals surface area (Å²) >= 11 is 0. The van der Waals surface area contributed by atoms with Crippen LogP contribution in [0.25, 0.3) is 0 Å². The van der Waals surface area contributed by atoms with Gasteiger partial charge >= 0.3 is 11.8 Å². The van der Waals surface area contributed by atoms with E-state index in [-0.39, 0.29) is 12.8 Å². The molecule has 3 aliphatic heterocycles. The van der Waals surface area contributed by atoms with Crippen LogP contribution < -0.4 is 25.0 Å². The number of likely N-dealkylation sites (N-methyl/N-ethyl adjacent to an activating group) is 2. The van der Waals surface area contributed by atoms with Crippen LogP contribution >= 0.6 is 0 Å². The topological polar surface area (TPSA) is 86.4 Å². The lowest BCUT2D eigenvalue weighted by atomic mass is 10.00. The number of hydrogen-bond donors (Lipinski definition) is 2. The molecule has 0 aliphatic carbocycles. The Kier molecular flexibility index (Phi) is 6.30. The number of amides is 2. The number of nitrogens with one attached hydrogen (secondary N) is 2. The van der Waals surface area contributed by atoms with E-state index in [1.54, 1.807) is 18.2 Å². The SMILES string of the molecule is CN1CCN(C(CNC(=O)C(=O)Nc2ccc3c(c2)OCO3)c2ccc3c(c2)CCN3C)CC1. The maximum absolute atomic E-state index is 12.7. The van der Waals surface area contributed by atoms with Crippen molar-refractivity contribution in [1.82, 2.24) is 15.1 Å². The molecular weight excluding hydrogens is 434 g/mol. The van der Waals surface area contributed by atoms with E-state index in [1.165, 1.54) is 16.8 Å². The van der Waals surface area contributed by atoms with Crippen molar-refractivity contribution in [2.45, 2.75) is 12.5 Å². The maximum Gasteiger partial charge on any atom is 0.313 e. The lowest BCUT2D eigenvalue weighted by molar-refractivity contribution is -0.136. The molecule has 2 amide bonds. The first-order valence-electron chi connectivity index (χ1n) is 11.7. The smallest absolute Gasteiger partial charge is 0.313 e. The summed E-state index contributed by atoms with van der Waals surface area (Å²) in [5, 5.41) is 5.51. The second-order valence-corrected chi connectivity index (χ2v) is 9.15. The quantitative estimate of drug-likeness (QED) is 0.647. The summed E-state index contributed by atoms with van der Waals surface area (Å²) < 4.78 is 10.6. The molecule has 1 unspecified atom stereocenters. The Labute approximate surface area is 199 Å². The molecule has 2 aromatic carbocycles. The Morgan fingerprint density at radius 1 is 0.941 bits per heavy atom. The molecule has 9 heteroatoms. The molecule has 0 radical (unpaired) electrons. The summed E-state index contributed by atoms with van der Waals surface area (Å²) in [4.78, 5) is 32.2. The van der Waals surface area contributed by atoms with Crippen LogP contribution in [0, 0.1) is 0 Å². The molecule has 0 bridgehead atoms. The third-order valence-electron chi connectivity index (χ3n) is 6.89. The number of fused-ring (bicyclic) bond motifs is 2. The average molecular weight is 466 g/mol. The van der Waals surface area contributed by atoms with Crippen molar-refractivity contribution in [2.24, 2.45) is 0 Å². The predicted octanol–water partition coefficient (Wildman–Crippen LogP) is 1.45. The summed E-state index contributed by atoms with van der Waals surface area (Å²) in [5.41, 5.74) is 4.27. The maximum atomic E-state index is 12.7. The molecule has 0 saturated carbocycles. The second kappa shape index (κ2) is 9.52. The predicted molar refractivity (Wildman–Crippen MR) is 129 cm³/mol. The zero-order valence-corrected chi connectivity index (χ0v) is 19.7. The number of hydrogen-bond acceptors (Lipinski definition) is 7. The van der Waals surface area contributed by atoms with Gasteiger partial charge in [0.05, 0.1) is 6.04 Å². The number of benzene rings is 2. The summed E-state index contributed by atoms with van der Waals surface area (Å²) in [5.74, 6) is -0.183. The number of rotatable bonds is 5. The first-order valence-corrected chi connectivity index (χ1v) is 11.7. The molecule has 1 saturated heterocycles. The van der Waals surface area contributed by atoms with Crippen molar-refractivity contribution in [3.05, 3.63) is 47.5 Å². The largest absolute Gasteiger partial charge is 0.454 e. The summed E-state index contributed by atoms with van der Waals surface area (Å²) in [6.45, 7) is 5.32. The molecule has 5 rings (SSSR count). The van der Waals surface area contributed by atoms with Gasteiger partial charge in [-0.25, -0.2) is 0 Å². The first-order chi connectivity index (χ1) is 16.5. The summed E-state index contributed by atoms with van der Waals surface area (Å²) in [6.07, 6.45) is 1.03. The highest BCUT2D eigenvalue weighted by molar-refractivity contribution is 6.39. The number of anilines is 2. The molecule has 2 N–H and O–H groups in total. The molecule has 34 heavy (non-hydrogen) atoms. The Morgan fingerprint density at radius 2 is 1.74 bits per heavy atom. The van der Waals surface area contributed by atoms with Gasteiger partial charge in [-0.2, -0.15) is 0 Å². The van der Waals surface area contributed by atoms with Gasteiger partial charge in [0.2, 0.25) is 6.79 Å². The van der Waals surface area contributed by atoms with Gasteiger partial charge in [0.1, 0.15) is 0 Å². The summed E-state index contributed by atoms with van der Waals surface area (Å²) in [7, 11) is 4.24. The lowest BCUT2D eigenvalue weighted by Gasteiger charge is -2.38. The third-order valence-corrected chi connectivity index (χ3v) is 6.89. The Balaban J connectivity index is 1.26. The normalized spacial score (nSPS) is 18.5. The third kappa shape index (κ3) is 4.67. The van der Waals surface area contributed by atoms with Crippen LogP contribution in [0.3, 0.4) is 0 Å². The van der Waals surface area contributed by atoms with E-state index in [1.807, 2.05) is 0 Å². The number of piperazine rings is 1. The minimum Gasteiger partial charge on any atom is -0.454 e. The van der Waals surface area contributed by atoms with Crippen molar-refractivity contribution in [3.8, 4) is 11.5 Å². The molecule has 0 aromatic heterocycles. The number of carbonyl (C=O) groups is 2. The fourth-order valence-electron chi connectivity index (χ4n) is 4.82. The molecule has 3 aliphatic rings. The van der Waals surface area contributed by atoms with Crippen LogP contribution in [0.4, 0.5) is 11.4 Å². The molecule has 2 aromatic rings. The number of nitrogens with zero attached hydrogens (tertiary/aromatic N) is 3. The van der Waals surface area contributed by atoms with E-state index in [9.17, 15) is 9.59 Å². The van der Waals surface area contributed by atoms with Crippen LogP contribution in [0.2, 0.25) is 0 Å². The Bertz CT molecular complexity index is 1080. The Morgan fingerprint density at radius 3 is 2.56 bits per heavy atom. The average Bonchev–Trinajstić information content (AvgIpc) is 3.46. The minimum atomic E-state index is -0.702. The van der Waals surface area contributed by atoms with Crippen LogP contribution in [0.5, 0.6) is 11.5 Å². The van der Waals surface area contributed by atoms with Crippen molar-refractivity contribution >= 4 is 23.2 Å². The summed E-state index contributed by atoms with van der Waals surface area (Å²) in [6, 6.07) is 11.7. The highest BCUT2D eigenvalue weighted by Crippen LogP contribution is 2.34. The molecule has 0 spiro atoms. The number of ether oxygens (including phenoxy) is 2. The van der Waals surface area contributed by atoms with Gasteiger partial charge < -0.3 is 29.9 Å². The van der Waals surface area contributed by atoms with Crippen LogP contribution in [-0.4, -0.2) is 81.8 Å². The van der Waals surface area contributed by atoms with Crippen LogP contribution in [0.15, 0.2) is 36.4 Å². The van der Waals surface area contributed by atoms with Gasteiger partial charge in [0.15, 0.2) is 11.5 Å². The molecule has 1 fully saturated rings. The van der Waals surface area contributed by atoms with E-state index in [4.69, 9.17) is 9.47 Å². The highest BCUT2D eigenvalue weighted by atomic mass is 16.7. The Hall–Kier alpha value is -3.30. The van der Waals surface area contributed by atoms with Gasteiger partial charge in [-0.1, -0.05) is 12.1 Å². The van der Waals surface area contributed by atoms with Crippen molar-refractivity contribution < 1.29 is 19.1 Å². The minimum absolute atomic E-state index is 0.00667. The van der Waals surface area contributed by atoms with Gasteiger partial charge in [0, 0.05) is 63.8 Å². The van der Waals surface area contributed by atoms with E-state index < -0.39 is 11.8 Å². The van der Waals surface area contributed by atoms with E-state index in [0.717, 1.165) is 39.1 Å². The van der Waals surface area contributed by atoms with Gasteiger partial charge in [-0.3, -0.25) is 14.5 Å². The molecule has 1 atom stereocenters. The van der Waals surface area contributed by atoms with Crippen LogP contribution in [-0.2, 0) is 16.0 Å². The molecule has 180 valence electrons. The fraction of sp³-hybridized carbons (Fsp3) is 0.440. The van der Waals surface area contributed by atoms with Crippen molar-refractivity contribution in [2.75, 3.05) is 70.4 Å². The van der Waals surface area contributed by atoms with E-state index in [2.05, 4.69) is 57.6 Å². The molecule has 9 nitrogen and oxygen atoms in total. The standard InChI is InChI=1S/C25H31N5O4/c1-28-9-11-30(12-10-28)21(17-3-5-20-18(13-17)7-8-29(20)2)15-26-24(31)25(32)27-19-4-6-22-23(14-19)34-16-33-22/h3-6,13-14,21H,7-12,15-16H2,1-2H3,(H,26,31)(H,27,32). The van der Waals surface area contributed by atoms with Gasteiger partial charge in [-0.05, 0) is 42.8 Å². The van der Waals surface area contributed by atoms with Crippen LogP contribution in [0.1, 0.15) is 17.2 Å². The van der Waals surface area contributed by atoms with Crippen molar-refractivity contribution in [1.29, 1.82) is 0 Å². The van der Waals surface area contributed by atoms with Crippen molar-refractivity contribution in [3.63, 3.8) is 0 Å². The molecule has 3 heterocycles. The van der Waals surface area contributed by atoms with E-state index >= 15 is 0 Å².